The average Bonchev–Trinajstić information content (AvgIpc) is 3.14. The number of para-hydroxylation sites is 1. The fraction of sp³-hybridized carbons (Fsp3) is 0.231. The van der Waals surface area contributed by atoms with Crippen LogP contribution < -0.4 is 11.1 Å². The summed E-state index contributed by atoms with van der Waals surface area (Å²) in [6.07, 6.45) is 1.91. The Balaban J connectivity index is 1.76. The lowest BCUT2D eigenvalue weighted by Crippen LogP contribution is -2.62. The molecule has 2 aromatic rings. The quantitative estimate of drug-likeness (QED) is 0.750. The van der Waals surface area contributed by atoms with E-state index < -0.39 is 22.7 Å². The summed E-state index contributed by atoms with van der Waals surface area (Å²) in [6, 6.07) is 23.3. The number of hydrogen-bond acceptors (Lipinski definition) is 6. The third kappa shape index (κ3) is 2.53. The molecule has 0 aromatic heterocycles. The first-order valence-corrected chi connectivity index (χ1v) is 10.6. The van der Waals surface area contributed by atoms with Crippen LogP contribution in [0.25, 0.3) is 0 Å². The fourth-order valence-corrected chi connectivity index (χ4v) is 5.68. The topological polar surface area (TPSA) is 130 Å². The molecule has 1 aliphatic carbocycles. The molecule has 33 heavy (non-hydrogen) atoms. The molecule has 0 fully saturated rings. The second-order valence-electron chi connectivity index (χ2n) is 8.57. The van der Waals surface area contributed by atoms with Crippen LogP contribution in [0.5, 0.6) is 0 Å². The highest BCUT2D eigenvalue weighted by atomic mass is 16.2. The lowest BCUT2D eigenvalue weighted by Gasteiger charge is -2.51. The molecule has 1 amide bonds. The maximum absolute atomic E-state index is 13.8. The van der Waals surface area contributed by atoms with Gasteiger partial charge in [0.2, 0.25) is 11.3 Å². The van der Waals surface area contributed by atoms with Gasteiger partial charge in [0.05, 0.1) is 23.4 Å². The van der Waals surface area contributed by atoms with E-state index in [4.69, 9.17) is 5.73 Å². The van der Waals surface area contributed by atoms with Gasteiger partial charge in [-0.1, -0.05) is 54.6 Å². The van der Waals surface area contributed by atoms with E-state index in [0.717, 1.165) is 5.56 Å². The van der Waals surface area contributed by atoms with Gasteiger partial charge < -0.3 is 11.1 Å². The Hall–Kier alpha value is -4.38. The molecule has 0 saturated carbocycles. The summed E-state index contributed by atoms with van der Waals surface area (Å²) in [7, 11) is 0. The predicted molar refractivity (Wildman–Crippen MR) is 121 cm³/mol. The van der Waals surface area contributed by atoms with Crippen molar-refractivity contribution in [3.8, 4) is 18.2 Å². The average molecular weight is 432 g/mol. The molecule has 5 rings (SSSR count). The smallest absolute Gasteiger partial charge is 0.238 e. The first kappa shape index (κ1) is 20.5. The zero-order valence-electron chi connectivity index (χ0n) is 17.7. The van der Waals surface area contributed by atoms with Gasteiger partial charge in [-0.25, -0.2) is 0 Å². The van der Waals surface area contributed by atoms with Gasteiger partial charge in [-0.05, 0) is 22.8 Å². The molecular formula is C26H20N6O. The Labute approximate surface area is 191 Å². The van der Waals surface area contributed by atoms with Crippen molar-refractivity contribution in [3.63, 3.8) is 0 Å². The number of carbonyl (C=O) groups excluding carboxylic acids is 1. The lowest BCUT2D eigenvalue weighted by molar-refractivity contribution is -0.125. The molecule has 2 aromatic carbocycles. The second kappa shape index (κ2) is 7.35. The van der Waals surface area contributed by atoms with Gasteiger partial charge in [-0.2, -0.15) is 15.8 Å². The van der Waals surface area contributed by atoms with Crippen molar-refractivity contribution in [1.29, 1.82) is 15.8 Å². The Morgan fingerprint density at radius 2 is 1.76 bits per heavy atom. The summed E-state index contributed by atoms with van der Waals surface area (Å²) < 4.78 is 0. The molecular weight excluding hydrogens is 412 g/mol. The van der Waals surface area contributed by atoms with E-state index in [0.29, 0.717) is 36.5 Å². The highest BCUT2D eigenvalue weighted by molar-refractivity contribution is 6.09. The van der Waals surface area contributed by atoms with Gasteiger partial charge in [0, 0.05) is 31.2 Å². The number of hydrogen-bond donors (Lipinski definition) is 2. The molecule has 0 bridgehead atoms. The predicted octanol–water partition coefficient (Wildman–Crippen LogP) is 2.72. The Bertz CT molecular complexity index is 1340. The molecule has 0 saturated heterocycles. The summed E-state index contributed by atoms with van der Waals surface area (Å²) in [5.41, 5.74) is 5.66. The maximum atomic E-state index is 13.8. The summed E-state index contributed by atoms with van der Waals surface area (Å²) in [4.78, 5) is 15.9. The summed E-state index contributed by atoms with van der Waals surface area (Å²) in [6.45, 7) is 1.59. The van der Waals surface area contributed by atoms with E-state index in [-0.39, 0.29) is 11.3 Å². The van der Waals surface area contributed by atoms with Crippen LogP contribution in [-0.4, -0.2) is 23.9 Å². The van der Waals surface area contributed by atoms with E-state index in [1.807, 2.05) is 36.4 Å². The number of amides is 1. The molecule has 2 atom stereocenters. The zero-order valence-corrected chi connectivity index (χ0v) is 17.7. The number of rotatable bonds is 2. The van der Waals surface area contributed by atoms with Gasteiger partial charge in [0.1, 0.15) is 11.5 Å². The minimum Gasteiger partial charge on any atom is -0.399 e. The number of nitrogens with one attached hydrogen (secondary N) is 1. The minimum atomic E-state index is -2.02. The van der Waals surface area contributed by atoms with Crippen LogP contribution >= 0.6 is 0 Å². The number of fused-ring (bicyclic) bond motifs is 4. The first-order chi connectivity index (χ1) is 16.0. The number of benzene rings is 2. The number of nitriles is 3. The number of nitrogens with two attached hydrogens (primary N) is 1. The zero-order chi connectivity index (χ0) is 23.2. The molecule has 0 radical (unpaired) electrons. The summed E-state index contributed by atoms with van der Waals surface area (Å²) in [5.74, 6) is -1.04. The van der Waals surface area contributed by atoms with Crippen LogP contribution in [0, 0.1) is 45.3 Å². The number of allylic oxidation sites excluding steroid dienone is 2. The number of carbonyl (C=O) groups is 1. The fourth-order valence-electron chi connectivity index (χ4n) is 5.68. The molecule has 7 heteroatoms. The Kier molecular flexibility index (Phi) is 4.57. The molecule has 1 spiro atoms. The monoisotopic (exact) mass is 432 g/mol. The lowest BCUT2D eigenvalue weighted by atomic mass is 9.48. The van der Waals surface area contributed by atoms with Gasteiger partial charge in [-0.15, -0.1) is 0 Å². The Morgan fingerprint density at radius 3 is 2.45 bits per heavy atom. The van der Waals surface area contributed by atoms with E-state index in [9.17, 15) is 20.6 Å². The van der Waals surface area contributed by atoms with E-state index in [1.165, 1.54) is 0 Å². The Morgan fingerprint density at radius 1 is 1.06 bits per heavy atom. The molecule has 160 valence electrons. The largest absolute Gasteiger partial charge is 0.399 e. The molecule has 2 aliphatic heterocycles. The van der Waals surface area contributed by atoms with Crippen LogP contribution in [0.1, 0.15) is 11.1 Å². The summed E-state index contributed by atoms with van der Waals surface area (Å²) >= 11 is 0. The van der Waals surface area contributed by atoms with Crippen molar-refractivity contribution in [2.75, 3.05) is 18.4 Å². The molecule has 2 heterocycles. The van der Waals surface area contributed by atoms with Crippen molar-refractivity contribution in [2.24, 2.45) is 17.1 Å². The van der Waals surface area contributed by atoms with Crippen molar-refractivity contribution in [1.82, 2.24) is 4.90 Å². The van der Waals surface area contributed by atoms with Crippen molar-refractivity contribution < 1.29 is 4.79 Å². The highest BCUT2D eigenvalue weighted by Crippen LogP contribution is 2.62. The van der Waals surface area contributed by atoms with Gasteiger partial charge in [0.25, 0.3) is 0 Å². The van der Waals surface area contributed by atoms with E-state index >= 15 is 0 Å². The van der Waals surface area contributed by atoms with Crippen molar-refractivity contribution >= 4 is 11.6 Å². The number of anilines is 1. The summed E-state index contributed by atoms with van der Waals surface area (Å²) in [5, 5.41) is 33.6. The van der Waals surface area contributed by atoms with Crippen LogP contribution in [0.3, 0.4) is 0 Å². The maximum Gasteiger partial charge on any atom is 0.238 e. The third-order valence-electron chi connectivity index (χ3n) is 7.12. The SMILES string of the molecule is N#CC1=C(N)C(C#N)(C#N)C2(C(=O)Nc3ccccc32)C2CN(Cc3ccccc3)CC=C12. The van der Waals surface area contributed by atoms with Crippen molar-refractivity contribution in [2.45, 2.75) is 12.0 Å². The standard InChI is InChI=1S/C26H20N6O/c27-12-19-18-10-11-32(13-17-6-2-1-3-7-17)14-21(18)26(25(15-28,16-29)23(19)30)20-8-4-5-9-22(20)31-24(26)33/h1-10,21H,11,13-14,30H2,(H,31,33). The van der Waals surface area contributed by atoms with Gasteiger partial charge >= 0.3 is 0 Å². The van der Waals surface area contributed by atoms with Gasteiger partial charge in [0.15, 0.2) is 0 Å². The molecule has 3 aliphatic rings. The minimum absolute atomic E-state index is 0.130. The van der Waals surface area contributed by atoms with Crippen LogP contribution in [0.2, 0.25) is 0 Å². The van der Waals surface area contributed by atoms with Crippen LogP contribution in [0.15, 0.2) is 77.5 Å². The van der Waals surface area contributed by atoms with Gasteiger partial charge in [-0.3, -0.25) is 9.69 Å². The van der Waals surface area contributed by atoms with E-state index in [1.54, 1.807) is 24.3 Å². The number of nitrogens with zero attached hydrogens (tertiary/aromatic N) is 4. The molecule has 3 N–H and O–H groups in total. The van der Waals surface area contributed by atoms with Crippen molar-refractivity contribution in [3.05, 3.63) is 88.6 Å². The van der Waals surface area contributed by atoms with E-state index in [2.05, 4.69) is 28.4 Å². The molecule has 2 unspecified atom stereocenters. The molecule has 7 nitrogen and oxygen atoms in total. The second-order valence-corrected chi connectivity index (χ2v) is 8.57. The van der Waals surface area contributed by atoms with Crippen LogP contribution in [-0.2, 0) is 16.8 Å². The first-order valence-electron chi connectivity index (χ1n) is 10.6. The third-order valence-corrected chi connectivity index (χ3v) is 7.12. The van der Waals surface area contributed by atoms with Crippen LogP contribution in [0.4, 0.5) is 5.69 Å². The normalized spacial score (nSPS) is 25.2. The highest BCUT2D eigenvalue weighted by Gasteiger charge is 2.71.